The molecule has 2 fully saturated rings. The van der Waals surface area contributed by atoms with Crippen LogP contribution in [-0.4, -0.2) is 54.6 Å². The normalized spacial score (nSPS) is 26.7. The van der Waals surface area contributed by atoms with E-state index in [2.05, 4.69) is 10.6 Å². The lowest BCUT2D eigenvalue weighted by atomic mass is 9.89. The fraction of sp³-hybridized carbons (Fsp3) is 0.583. The molecule has 2 amide bonds. The predicted octanol–water partition coefficient (Wildman–Crippen LogP) is 3.40. The summed E-state index contributed by atoms with van der Waals surface area (Å²) < 4.78 is 34.8. The first-order valence-corrected chi connectivity index (χ1v) is 11.5. The average molecular weight is 495 g/mol. The van der Waals surface area contributed by atoms with E-state index >= 15 is 0 Å². The quantitative estimate of drug-likeness (QED) is 0.436. The molecule has 2 N–H and O–H groups in total. The zero-order valence-corrected chi connectivity index (χ0v) is 20.4. The third-order valence-corrected chi connectivity index (χ3v) is 5.85. The van der Waals surface area contributed by atoms with Gasteiger partial charge in [-0.15, -0.1) is 0 Å². The van der Waals surface area contributed by atoms with Crippen molar-refractivity contribution < 1.29 is 42.5 Å². The Morgan fingerprint density at radius 3 is 2.37 bits per heavy atom. The number of ether oxygens (including phenoxy) is 4. The Hall–Kier alpha value is -3.37. The van der Waals surface area contributed by atoms with Crippen LogP contribution in [-0.2, 0) is 28.5 Å². The minimum Gasteiger partial charge on any atom is -0.466 e. The number of anilines is 1. The lowest BCUT2D eigenvalue weighted by Crippen LogP contribution is -2.58. The van der Waals surface area contributed by atoms with Gasteiger partial charge in [-0.25, -0.2) is 18.8 Å². The van der Waals surface area contributed by atoms with Crippen molar-refractivity contribution >= 4 is 29.8 Å². The van der Waals surface area contributed by atoms with Crippen LogP contribution in [0, 0.1) is 23.6 Å². The lowest BCUT2D eigenvalue weighted by molar-refractivity contribution is -0.154. The molecule has 0 saturated heterocycles. The maximum absolute atomic E-state index is 13.5. The molecule has 5 unspecified atom stereocenters. The van der Waals surface area contributed by atoms with E-state index in [1.807, 2.05) is 0 Å². The molecule has 192 valence electrons. The van der Waals surface area contributed by atoms with E-state index in [4.69, 9.17) is 18.9 Å². The molecular weight excluding hydrogens is 463 g/mol. The Morgan fingerprint density at radius 2 is 1.77 bits per heavy atom. The third-order valence-electron chi connectivity index (χ3n) is 5.85. The van der Waals surface area contributed by atoms with Crippen LogP contribution in [0.4, 0.5) is 19.7 Å². The van der Waals surface area contributed by atoms with Crippen molar-refractivity contribution in [2.75, 3.05) is 18.5 Å². The molecule has 2 aliphatic carbocycles. The maximum atomic E-state index is 13.5. The first-order valence-electron chi connectivity index (χ1n) is 11.5. The van der Waals surface area contributed by atoms with Gasteiger partial charge in [0.15, 0.2) is 0 Å². The van der Waals surface area contributed by atoms with Crippen molar-refractivity contribution in [3.05, 3.63) is 30.1 Å². The van der Waals surface area contributed by atoms with E-state index in [-0.39, 0.29) is 25.3 Å². The minimum atomic E-state index is -1.66. The number of hydrogen-bond acceptors (Lipinski definition) is 8. The molecule has 0 heterocycles. The molecule has 0 spiro atoms. The molecule has 1 aromatic carbocycles. The van der Waals surface area contributed by atoms with Gasteiger partial charge in [0.2, 0.25) is 0 Å². The number of esters is 2. The summed E-state index contributed by atoms with van der Waals surface area (Å²) in [5.74, 6) is -3.98. The fourth-order valence-corrected chi connectivity index (χ4v) is 4.69. The van der Waals surface area contributed by atoms with E-state index < -0.39 is 64.9 Å². The highest BCUT2D eigenvalue weighted by atomic mass is 19.1. The number of carbonyl (C=O) groups is 4. The molecule has 0 aliphatic heterocycles. The average Bonchev–Trinajstić information content (AvgIpc) is 3.41. The Balaban J connectivity index is 1.87. The second-order valence-electron chi connectivity index (χ2n) is 9.48. The summed E-state index contributed by atoms with van der Waals surface area (Å²) in [6, 6.07) is 5.24. The fourth-order valence-electron chi connectivity index (χ4n) is 4.69. The monoisotopic (exact) mass is 494 g/mol. The Bertz CT molecular complexity index is 994. The van der Waals surface area contributed by atoms with Crippen LogP contribution < -0.4 is 10.6 Å². The van der Waals surface area contributed by atoms with Crippen LogP contribution in [0.1, 0.15) is 41.0 Å². The van der Waals surface area contributed by atoms with Crippen LogP contribution in [0.3, 0.4) is 0 Å². The van der Waals surface area contributed by atoms with Gasteiger partial charge in [0.1, 0.15) is 23.1 Å². The summed E-state index contributed by atoms with van der Waals surface area (Å²) in [5, 5.41) is 5.03. The number of carbonyl (C=O) groups excluding carboxylic acids is 4. The Morgan fingerprint density at radius 1 is 1.09 bits per heavy atom. The summed E-state index contributed by atoms with van der Waals surface area (Å²) in [6.07, 6.45) is -2.83. The first kappa shape index (κ1) is 26.2. The van der Waals surface area contributed by atoms with E-state index in [1.54, 1.807) is 34.6 Å². The van der Waals surface area contributed by atoms with Crippen molar-refractivity contribution in [1.29, 1.82) is 0 Å². The number of rotatable bonds is 7. The van der Waals surface area contributed by atoms with E-state index in [1.165, 1.54) is 18.2 Å². The van der Waals surface area contributed by atoms with Crippen molar-refractivity contribution in [3.63, 3.8) is 0 Å². The molecule has 5 atom stereocenters. The predicted molar refractivity (Wildman–Crippen MR) is 121 cm³/mol. The highest BCUT2D eigenvalue weighted by Gasteiger charge is 2.77. The van der Waals surface area contributed by atoms with Crippen LogP contribution in [0.25, 0.3) is 0 Å². The van der Waals surface area contributed by atoms with Crippen molar-refractivity contribution in [1.82, 2.24) is 5.32 Å². The number of benzene rings is 1. The zero-order chi connectivity index (χ0) is 26.0. The summed E-state index contributed by atoms with van der Waals surface area (Å²) in [4.78, 5) is 51.0. The molecule has 11 heteroatoms. The summed E-state index contributed by atoms with van der Waals surface area (Å²) in [7, 11) is 0. The number of amides is 2. The van der Waals surface area contributed by atoms with Crippen molar-refractivity contribution in [3.8, 4) is 0 Å². The van der Waals surface area contributed by atoms with E-state index in [0.717, 1.165) is 6.07 Å². The standard InChI is InChI=1S/C24H31FN2O8/c1-6-32-19(28)17-16-15(34-21(30)26-14-10-8-9-13(25)11-14)12-24(18(16)17,20(29)33-7-2)27-22(31)35-23(3,4)5/h8-11,15-18H,6-7,12H2,1-5H3,(H,26,30)(H,27,31). The number of fused-ring (bicyclic) bond motifs is 1. The van der Waals surface area contributed by atoms with Crippen molar-refractivity contribution in [2.24, 2.45) is 17.8 Å². The van der Waals surface area contributed by atoms with Crippen LogP contribution >= 0.6 is 0 Å². The highest BCUT2D eigenvalue weighted by Crippen LogP contribution is 2.64. The minimum absolute atomic E-state index is 0.0314. The molecule has 0 bridgehead atoms. The SMILES string of the molecule is CCOC(=O)C1C2C(OC(=O)Nc3cccc(F)c3)CC(NC(=O)OC(C)(C)C)(C(=O)OCC)C12. The summed E-state index contributed by atoms with van der Waals surface area (Å²) >= 11 is 0. The van der Waals surface area contributed by atoms with Gasteiger partial charge in [0.05, 0.1) is 19.1 Å². The molecule has 1 aromatic rings. The zero-order valence-electron chi connectivity index (χ0n) is 20.4. The molecule has 35 heavy (non-hydrogen) atoms. The number of nitrogens with one attached hydrogen (secondary N) is 2. The van der Waals surface area contributed by atoms with Crippen LogP contribution in [0.15, 0.2) is 24.3 Å². The molecule has 0 aromatic heterocycles. The second-order valence-corrected chi connectivity index (χ2v) is 9.48. The topological polar surface area (TPSA) is 129 Å². The van der Waals surface area contributed by atoms with E-state index in [9.17, 15) is 23.6 Å². The first-order chi connectivity index (χ1) is 16.4. The van der Waals surface area contributed by atoms with Gasteiger partial charge in [-0.3, -0.25) is 10.1 Å². The third kappa shape index (κ3) is 5.83. The van der Waals surface area contributed by atoms with Gasteiger partial charge >= 0.3 is 24.1 Å². The van der Waals surface area contributed by atoms with Crippen molar-refractivity contribution in [2.45, 2.75) is 58.3 Å². The van der Waals surface area contributed by atoms with Crippen LogP contribution in [0.2, 0.25) is 0 Å². The molecule has 2 saturated carbocycles. The summed E-state index contributed by atoms with van der Waals surface area (Å²) in [6.45, 7) is 8.42. The highest BCUT2D eigenvalue weighted by molar-refractivity contribution is 5.91. The van der Waals surface area contributed by atoms with Gasteiger partial charge in [0.25, 0.3) is 0 Å². The number of hydrogen-bond donors (Lipinski definition) is 2. The van der Waals surface area contributed by atoms with Gasteiger partial charge < -0.3 is 24.3 Å². The van der Waals surface area contributed by atoms with Gasteiger partial charge in [0, 0.05) is 23.9 Å². The van der Waals surface area contributed by atoms with Gasteiger partial charge in [-0.05, 0) is 52.8 Å². The molecule has 10 nitrogen and oxygen atoms in total. The Labute approximate surface area is 202 Å². The molecular formula is C24H31FN2O8. The van der Waals surface area contributed by atoms with Gasteiger partial charge in [-0.1, -0.05) is 6.07 Å². The number of alkyl carbamates (subject to hydrolysis) is 1. The van der Waals surface area contributed by atoms with E-state index in [0.29, 0.717) is 0 Å². The maximum Gasteiger partial charge on any atom is 0.411 e. The molecule has 3 rings (SSSR count). The lowest BCUT2D eigenvalue weighted by Gasteiger charge is -2.33. The largest absolute Gasteiger partial charge is 0.466 e. The second kappa shape index (κ2) is 10.1. The number of halogens is 1. The molecule has 2 aliphatic rings. The molecule has 0 radical (unpaired) electrons. The Kier molecular flexibility index (Phi) is 7.56. The van der Waals surface area contributed by atoms with Crippen LogP contribution in [0.5, 0.6) is 0 Å². The summed E-state index contributed by atoms with van der Waals surface area (Å²) in [5.41, 5.74) is -2.33. The van der Waals surface area contributed by atoms with Gasteiger partial charge in [-0.2, -0.15) is 0 Å². The smallest absolute Gasteiger partial charge is 0.411 e.